The molecule has 0 aliphatic rings. The van der Waals surface area contributed by atoms with Crippen LogP contribution in [0.1, 0.15) is 65.2 Å². The maximum atomic E-state index is 12.7. The van der Waals surface area contributed by atoms with Gasteiger partial charge in [0.05, 0.1) is 10.9 Å². The van der Waals surface area contributed by atoms with Gasteiger partial charge in [-0.15, -0.1) is 10.2 Å². The summed E-state index contributed by atoms with van der Waals surface area (Å²) in [5.74, 6) is 0.620. The van der Waals surface area contributed by atoms with Gasteiger partial charge in [-0.2, -0.15) is 0 Å². The summed E-state index contributed by atoms with van der Waals surface area (Å²) in [4.78, 5) is 0.173. The van der Waals surface area contributed by atoms with E-state index in [1.807, 2.05) is 11.5 Å². The average Bonchev–Trinajstić information content (AvgIpc) is 3.05. The van der Waals surface area contributed by atoms with Gasteiger partial charge < -0.3 is 4.57 Å². The van der Waals surface area contributed by atoms with E-state index in [4.69, 9.17) is 11.6 Å². The third-order valence-electron chi connectivity index (χ3n) is 4.40. The van der Waals surface area contributed by atoms with E-state index in [1.54, 1.807) is 30.8 Å². The van der Waals surface area contributed by atoms with Crippen molar-refractivity contribution in [2.24, 2.45) is 0 Å². The zero-order valence-corrected chi connectivity index (χ0v) is 19.2. The fraction of sp³-hybridized carbons (Fsp3) is 0.579. The molecule has 0 bridgehead atoms. The van der Waals surface area contributed by atoms with Crippen LogP contribution in [0.25, 0.3) is 0 Å². The van der Waals surface area contributed by atoms with Crippen molar-refractivity contribution >= 4 is 33.4 Å². The van der Waals surface area contributed by atoms with Crippen molar-refractivity contribution in [2.75, 3.05) is 0 Å². The molecular formula is C19H29ClN4O2S2. The first-order valence-electron chi connectivity index (χ1n) is 9.69. The number of hydrogen-bond acceptors (Lipinski definition) is 5. The Hall–Kier alpha value is -1.09. The number of aromatic nitrogens is 3. The largest absolute Gasteiger partial charge is 0.305 e. The minimum Gasteiger partial charge on any atom is -0.305 e. The molecule has 0 unspecified atom stereocenters. The molecule has 0 saturated carbocycles. The maximum absolute atomic E-state index is 12.7. The number of hydrogen-bond donors (Lipinski definition) is 1. The minimum absolute atomic E-state index is 0.173. The number of nitrogens with zero attached hydrogens (tertiary/aromatic N) is 3. The van der Waals surface area contributed by atoms with E-state index in [1.165, 1.54) is 12.1 Å². The summed E-state index contributed by atoms with van der Waals surface area (Å²) in [6.45, 7) is 8.86. The van der Waals surface area contributed by atoms with Gasteiger partial charge in [-0.1, -0.05) is 50.1 Å². The summed E-state index contributed by atoms with van der Waals surface area (Å²) in [7, 11) is -3.68. The average molecular weight is 445 g/mol. The highest BCUT2D eigenvalue weighted by Gasteiger charge is 2.24. The van der Waals surface area contributed by atoms with Crippen LogP contribution in [0.5, 0.6) is 0 Å². The zero-order valence-electron chi connectivity index (χ0n) is 16.9. The van der Waals surface area contributed by atoms with E-state index in [0.717, 1.165) is 30.8 Å². The second kappa shape index (κ2) is 10.6. The molecule has 0 fully saturated rings. The predicted octanol–water partition coefficient (Wildman–Crippen LogP) is 5.05. The predicted molar refractivity (Wildman–Crippen MR) is 115 cm³/mol. The summed E-state index contributed by atoms with van der Waals surface area (Å²) in [6, 6.07) is 5.60. The molecule has 2 rings (SSSR count). The molecule has 1 N–H and O–H groups in total. The van der Waals surface area contributed by atoms with Gasteiger partial charge in [0, 0.05) is 16.8 Å². The van der Waals surface area contributed by atoms with E-state index in [0.29, 0.717) is 22.6 Å². The lowest BCUT2D eigenvalue weighted by molar-refractivity contribution is 0.539. The second-order valence-corrected chi connectivity index (χ2v) is 10.1. The molecule has 6 nitrogen and oxygen atoms in total. The van der Waals surface area contributed by atoms with Crippen molar-refractivity contribution in [3.05, 3.63) is 35.1 Å². The van der Waals surface area contributed by atoms with Crippen LogP contribution in [-0.4, -0.2) is 28.4 Å². The summed E-state index contributed by atoms with van der Waals surface area (Å²) in [6.07, 6.45) is 4.51. The Balaban J connectivity index is 2.20. The molecule has 1 heterocycles. The third kappa shape index (κ3) is 5.95. The van der Waals surface area contributed by atoms with Crippen LogP contribution >= 0.6 is 23.4 Å². The van der Waals surface area contributed by atoms with Crippen LogP contribution in [0.4, 0.5) is 0 Å². The Bertz CT molecular complexity index is 847. The van der Waals surface area contributed by atoms with Gasteiger partial charge in [0.2, 0.25) is 10.0 Å². The molecule has 0 radical (unpaired) electrons. The number of benzene rings is 1. The monoisotopic (exact) mass is 444 g/mol. The lowest BCUT2D eigenvalue weighted by atomic mass is 10.2. The van der Waals surface area contributed by atoms with Crippen molar-refractivity contribution in [2.45, 2.75) is 81.3 Å². The first-order chi connectivity index (χ1) is 13.3. The molecule has 1 aromatic carbocycles. The smallest absolute Gasteiger partial charge is 0.241 e. The summed E-state index contributed by atoms with van der Waals surface area (Å²) < 4.78 is 30.0. The molecule has 156 valence electrons. The highest BCUT2D eigenvalue weighted by atomic mass is 35.5. The Kier molecular flexibility index (Phi) is 8.80. The first kappa shape index (κ1) is 23.2. The molecule has 28 heavy (non-hydrogen) atoms. The van der Waals surface area contributed by atoms with Gasteiger partial charge in [-0.3, -0.25) is 0 Å². The Morgan fingerprint density at radius 2 is 1.71 bits per heavy atom. The van der Waals surface area contributed by atoms with Crippen molar-refractivity contribution in [1.29, 1.82) is 0 Å². The number of rotatable bonds is 11. The Morgan fingerprint density at radius 1 is 1.11 bits per heavy atom. The number of nitrogens with one attached hydrogen (secondary N) is 1. The van der Waals surface area contributed by atoms with Crippen LogP contribution in [0.3, 0.4) is 0 Å². The molecule has 0 saturated heterocycles. The van der Waals surface area contributed by atoms with Gasteiger partial charge >= 0.3 is 0 Å². The Labute approximate surface area is 177 Å². The quantitative estimate of drug-likeness (QED) is 0.490. The summed E-state index contributed by atoms with van der Waals surface area (Å²) in [5, 5.41) is 10.5. The minimum atomic E-state index is -3.68. The topological polar surface area (TPSA) is 76.9 Å². The SMILES string of the molecule is CCCC(CCC)Sc1nnc([C@@H](C)NS(=O)(=O)c2ccc(Cl)cc2)n1CC. The first-order valence-corrected chi connectivity index (χ1v) is 12.4. The van der Waals surface area contributed by atoms with Gasteiger partial charge in [-0.05, 0) is 51.0 Å². The second-order valence-electron chi connectivity index (χ2n) is 6.70. The van der Waals surface area contributed by atoms with Crippen molar-refractivity contribution in [3.8, 4) is 0 Å². The lowest BCUT2D eigenvalue weighted by Gasteiger charge is -2.17. The van der Waals surface area contributed by atoms with Crippen LogP contribution in [0.15, 0.2) is 34.3 Å². The van der Waals surface area contributed by atoms with Crippen molar-refractivity contribution < 1.29 is 8.42 Å². The summed E-state index contributed by atoms with van der Waals surface area (Å²) in [5.41, 5.74) is 0. The van der Waals surface area contributed by atoms with E-state index in [-0.39, 0.29) is 4.90 Å². The molecule has 1 aromatic heterocycles. The molecule has 2 aromatic rings. The van der Waals surface area contributed by atoms with Crippen LogP contribution < -0.4 is 4.72 Å². The maximum Gasteiger partial charge on any atom is 0.241 e. The fourth-order valence-electron chi connectivity index (χ4n) is 3.03. The molecule has 0 aliphatic heterocycles. The van der Waals surface area contributed by atoms with Crippen molar-refractivity contribution in [1.82, 2.24) is 19.5 Å². The number of halogens is 1. The highest BCUT2D eigenvalue weighted by Crippen LogP contribution is 2.30. The van der Waals surface area contributed by atoms with Gasteiger partial charge in [-0.25, -0.2) is 13.1 Å². The van der Waals surface area contributed by atoms with E-state index < -0.39 is 16.1 Å². The standard InChI is InChI=1S/C19H29ClN4O2S2/c1-5-8-16(9-6-2)27-19-22-21-18(24(19)7-3)14(4)23-28(25,26)17-12-10-15(20)11-13-17/h10-14,16,23H,5-9H2,1-4H3/t14-/m1/s1. The van der Waals surface area contributed by atoms with Crippen LogP contribution in [0, 0.1) is 0 Å². The van der Waals surface area contributed by atoms with Crippen LogP contribution in [0.2, 0.25) is 5.02 Å². The van der Waals surface area contributed by atoms with E-state index in [9.17, 15) is 8.42 Å². The van der Waals surface area contributed by atoms with E-state index in [2.05, 4.69) is 28.8 Å². The molecule has 0 amide bonds. The molecule has 9 heteroatoms. The Morgan fingerprint density at radius 3 is 2.25 bits per heavy atom. The van der Waals surface area contributed by atoms with Crippen molar-refractivity contribution in [3.63, 3.8) is 0 Å². The normalized spacial score (nSPS) is 13.2. The molecular weight excluding hydrogens is 416 g/mol. The van der Waals surface area contributed by atoms with Gasteiger partial charge in [0.25, 0.3) is 0 Å². The van der Waals surface area contributed by atoms with E-state index >= 15 is 0 Å². The number of sulfonamides is 1. The third-order valence-corrected chi connectivity index (χ3v) is 7.52. The molecule has 0 aliphatic carbocycles. The molecule has 0 spiro atoms. The number of thioether (sulfide) groups is 1. The zero-order chi connectivity index (χ0) is 20.7. The summed E-state index contributed by atoms with van der Waals surface area (Å²) >= 11 is 7.59. The van der Waals surface area contributed by atoms with Gasteiger partial charge in [0.1, 0.15) is 0 Å². The molecule has 1 atom stereocenters. The van der Waals surface area contributed by atoms with Crippen LogP contribution in [-0.2, 0) is 16.6 Å². The highest BCUT2D eigenvalue weighted by molar-refractivity contribution is 7.99. The lowest BCUT2D eigenvalue weighted by Crippen LogP contribution is -2.29. The van der Waals surface area contributed by atoms with Gasteiger partial charge in [0.15, 0.2) is 11.0 Å². The fourth-order valence-corrected chi connectivity index (χ4v) is 5.80.